The number of rotatable bonds is 6. The molecule has 0 bridgehead atoms. The van der Waals surface area contributed by atoms with Crippen molar-refractivity contribution in [2.45, 2.75) is 13.1 Å². The van der Waals surface area contributed by atoms with E-state index < -0.39 is 17.2 Å². The van der Waals surface area contributed by atoms with Crippen molar-refractivity contribution in [2.75, 3.05) is 26.3 Å². The Morgan fingerprint density at radius 1 is 0.946 bits per heavy atom. The van der Waals surface area contributed by atoms with Gasteiger partial charge >= 0.3 is 5.69 Å². The van der Waals surface area contributed by atoms with Gasteiger partial charge in [0.15, 0.2) is 0 Å². The molecule has 4 aromatic rings. The monoisotopic (exact) mass is 499 g/mol. The largest absolute Gasteiger partial charge is 0.378 e. The molecule has 10 heteroatoms. The van der Waals surface area contributed by atoms with Gasteiger partial charge in [-0.25, -0.2) is 9.78 Å². The third kappa shape index (κ3) is 5.34. The molecule has 188 valence electrons. The number of hydrogen-bond donors (Lipinski definition) is 2. The van der Waals surface area contributed by atoms with E-state index in [9.17, 15) is 19.2 Å². The number of morpholine rings is 1. The first-order chi connectivity index (χ1) is 18.0. The Hall–Kier alpha value is -4.57. The number of aromatic nitrogens is 3. The molecular formula is C27H25N5O5. The second-order valence-corrected chi connectivity index (χ2v) is 8.71. The lowest BCUT2D eigenvalue weighted by atomic mass is 10.1. The van der Waals surface area contributed by atoms with Crippen molar-refractivity contribution in [3.63, 3.8) is 0 Å². The number of nitrogens with one attached hydrogen (secondary N) is 2. The van der Waals surface area contributed by atoms with Crippen LogP contribution in [0.5, 0.6) is 0 Å². The molecule has 0 unspecified atom stereocenters. The standard InChI is InChI=1S/C27H25N5O5/c33-24(29-15-19-7-4-8-20(13-19)26(35)31-9-11-37-12-10-31)21-14-22-23(28-16-21)32(27(36)30-25(22)34)17-18-5-2-1-3-6-18/h1-8,13-14,16H,9-12,15,17H2,(H,29,33)(H,30,34,36). The van der Waals surface area contributed by atoms with Crippen LogP contribution in [0.25, 0.3) is 11.0 Å². The molecule has 1 saturated heterocycles. The van der Waals surface area contributed by atoms with E-state index in [0.717, 1.165) is 11.1 Å². The van der Waals surface area contributed by atoms with E-state index in [0.29, 0.717) is 31.9 Å². The third-order valence-electron chi connectivity index (χ3n) is 6.20. The van der Waals surface area contributed by atoms with Crippen molar-refractivity contribution in [1.29, 1.82) is 0 Å². The van der Waals surface area contributed by atoms with Crippen molar-refractivity contribution in [2.24, 2.45) is 0 Å². The van der Waals surface area contributed by atoms with Crippen LogP contribution in [0.1, 0.15) is 31.8 Å². The highest BCUT2D eigenvalue weighted by molar-refractivity contribution is 5.97. The molecule has 0 aliphatic carbocycles. The third-order valence-corrected chi connectivity index (χ3v) is 6.20. The van der Waals surface area contributed by atoms with Crippen LogP contribution < -0.4 is 16.6 Å². The lowest BCUT2D eigenvalue weighted by Crippen LogP contribution is -2.40. The van der Waals surface area contributed by atoms with Crippen LogP contribution in [-0.4, -0.2) is 57.6 Å². The Morgan fingerprint density at radius 3 is 2.49 bits per heavy atom. The number of hydrogen-bond acceptors (Lipinski definition) is 6. The summed E-state index contributed by atoms with van der Waals surface area (Å²) >= 11 is 0. The van der Waals surface area contributed by atoms with Crippen LogP contribution >= 0.6 is 0 Å². The van der Waals surface area contributed by atoms with Crippen molar-refractivity contribution >= 4 is 22.8 Å². The summed E-state index contributed by atoms with van der Waals surface area (Å²) in [7, 11) is 0. The van der Waals surface area contributed by atoms with Gasteiger partial charge in [0.1, 0.15) is 5.65 Å². The number of amides is 2. The fourth-order valence-electron chi connectivity index (χ4n) is 4.25. The van der Waals surface area contributed by atoms with Gasteiger partial charge in [0.25, 0.3) is 17.4 Å². The first-order valence-electron chi connectivity index (χ1n) is 11.9. The molecule has 2 N–H and O–H groups in total. The minimum atomic E-state index is -0.610. The van der Waals surface area contributed by atoms with Gasteiger partial charge in [0, 0.05) is 31.4 Å². The molecule has 2 aromatic carbocycles. The van der Waals surface area contributed by atoms with E-state index >= 15 is 0 Å². The van der Waals surface area contributed by atoms with Crippen molar-refractivity contribution in [3.05, 3.63) is 110 Å². The summed E-state index contributed by atoms with van der Waals surface area (Å²) in [5, 5.41) is 2.95. The maximum atomic E-state index is 12.9. The number of ether oxygens (including phenoxy) is 1. The number of fused-ring (bicyclic) bond motifs is 1. The molecule has 1 aliphatic heterocycles. The molecule has 2 aromatic heterocycles. The molecule has 10 nitrogen and oxygen atoms in total. The fraction of sp³-hybridized carbons (Fsp3) is 0.222. The molecule has 0 spiro atoms. The van der Waals surface area contributed by atoms with Crippen molar-refractivity contribution in [1.82, 2.24) is 24.8 Å². The average Bonchev–Trinajstić information content (AvgIpc) is 2.94. The normalized spacial score (nSPS) is 13.5. The van der Waals surface area contributed by atoms with Gasteiger partial charge in [0.05, 0.1) is 30.7 Å². The van der Waals surface area contributed by atoms with Crippen LogP contribution in [0.3, 0.4) is 0 Å². The minimum absolute atomic E-state index is 0.0732. The van der Waals surface area contributed by atoms with Gasteiger partial charge in [0.2, 0.25) is 0 Å². The maximum absolute atomic E-state index is 12.9. The molecule has 3 heterocycles. The minimum Gasteiger partial charge on any atom is -0.378 e. The molecular weight excluding hydrogens is 474 g/mol. The number of H-pyrrole nitrogens is 1. The van der Waals surface area contributed by atoms with Gasteiger partial charge in [-0.1, -0.05) is 42.5 Å². The Kier molecular flexibility index (Phi) is 6.91. The zero-order valence-corrected chi connectivity index (χ0v) is 20.0. The fourth-order valence-corrected chi connectivity index (χ4v) is 4.25. The van der Waals surface area contributed by atoms with Crippen molar-refractivity contribution in [3.8, 4) is 0 Å². The Morgan fingerprint density at radius 2 is 1.70 bits per heavy atom. The zero-order valence-electron chi connectivity index (χ0n) is 20.0. The topological polar surface area (TPSA) is 126 Å². The number of pyridine rings is 1. The number of nitrogens with zero attached hydrogens (tertiary/aromatic N) is 3. The highest BCUT2D eigenvalue weighted by Gasteiger charge is 2.19. The van der Waals surface area contributed by atoms with Gasteiger partial charge in [-0.3, -0.25) is 23.9 Å². The van der Waals surface area contributed by atoms with Crippen LogP contribution in [0, 0.1) is 0 Å². The lowest BCUT2D eigenvalue weighted by Gasteiger charge is -2.27. The molecule has 2 amide bonds. The molecule has 5 rings (SSSR count). The second-order valence-electron chi connectivity index (χ2n) is 8.71. The van der Waals surface area contributed by atoms with E-state index in [-0.39, 0.29) is 35.6 Å². The second kappa shape index (κ2) is 10.6. The highest BCUT2D eigenvalue weighted by atomic mass is 16.5. The summed E-state index contributed by atoms with van der Waals surface area (Å²) in [4.78, 5) is 58.9. The molecule has 1 aliphatic rings. The predicted molar refractivity (Wildman–Crippen MR) is 137 cm³/mol. The smallest absolute Gasteiger partial charge is 0.330 e. The quantitative estimate of drug-likeness (QED) is 0.414. The van der Waals surface area contributed by atoms with Crippen molar-refractivity contribution < 1.29 is 14.3 Å². The molecule has 37 heavy (non-hydrogen) atoms. The number of carbonyl (C=O) groups excluding carboxylic acids is 2. The van der Waals surface area contributed by atoms with Crippen LogP contribution in [0.4, 0.5) is 0 Å². The van der Waals surface area contributed by atoms with E-state index in [1.807, 2.05) is 36.4 Å². The van der Waals surface area contributed by atoms with Gasteiger partial charge in [-0.05, 0) is 29.3 Å². The first-order valence-corrected chi connectivity index (χ1v) is 11.9. The summed E-state index contributed by atoms with van der Waals surface area (Å²) in [5.41, 5.74) is 1.38. The molecule has 0 saturated carbocycles. The van der Waals surface area contributed by atoms with Crippen LogP contribution in [0.15, 0.2) is 76.4 Å². The molecule has 1 fully saturated rings. The Labute approximate surface area is 211 Å². The average molecular weight is 500 g/mol. The van der Waals surface area contributed by atoms with E-state index in [4.69, 9.17) is 4.74 Å². The SMILES string of the molecule is O=C(NCc1cccc(C(=O)N2CCOCC2)c1)c1cnc2c(c1)c(=O)[nH]c(=O)n2Cc1ccccc1. The van der Waals surface area contributed by atoms with Gasteiger partial charge in [-0.2, -0.15) is 0 Å². The molecule has 0 atom stereocenters. The van der Waals surface area contributed by atoms with Gasteiger partial charge < -0.3 is 15.0 Å². The van der Waals surface area contributed by atoms with Gasteiger partial charge in [-0.15, -0.1) is 0 Å². The highest BCUT2D eigenvalue weighted by Crippen LogP contribution is 2.12. The number of benzene rings is 2. The summed E-state index contributed by atoms with van der Waals surface area (Å²) in [6.07, 6.45) is 1.34. The summed E-state index contributed by atoms with van der Waals surface area (Å²) in [6.45, 7) is 2.55. The Balaban J connectivity index is 1.33. The number of aromatic amines is 1. The zero-order chi connectivity index (χ0) is 25.8. The Bertz CT molecular complexity index is 1570. The summed E-state index contributed by atoms with van der Waals surface area (Å²) in [5.74, 6) is -0.504. The summed E-state index contributed by atoms with van der Waals surface area (Å²) in [6, 6.07) is 17.9. The maximum Gasteiger partial charge on any atom is 0.330 e. The summed E-state index contributed by atoms with van der Waals surface area (Å²) < 4.78 is 6.67. The van der Waals surface area contributed by atoms with E-state index in [2.05, 4.69) is 15.3 Å². The lowest BCUT2D eigenvalue weighted by molar-refractivity contribution is 0.0303. The van der Waals surface area contributed by atoms with E-state index in [1.165, 1.54) is 16.8 Å². The first kappa shape index (κ1) is 24.1. The predicted octanol–water partition coefficient (Wildman–Crippen LogP) is 1.54. The number of carbonyl (C=O) groups is 2. The molecule has 0 radical (unpaired) electrons. The van der Waals surface area contributed by atoms with Crippen LogP contribution in [-0.2, 0) is 17.8 Å². The van der Waals surface area contributed by atoms with E-state index in [1.54, 1.807) is 23.1 Å². The van der Waals surface area contributed by atoms with Crippen LogP contribution in [0.2, 0.25) is 0 Å².